The molecule has 0 saturated carbocycles. The monoisotopic (exact) mass is 350 g/mol. The van der Waals surface area contributed by atoms with E-state index >= 15 is 0 Å². The van der Waals surface area contributed by atoms with Crippen LogP contribution in [0.25, 0.3) is 21.9 Å². The SMILES string of the molecule is COc1ccc2c(COC(=O)c3cc4ccccc4o3)cc(=O)oc2c1. The van der Waals surface area contributed by atoms with Crippen LogP contribution in [-0.2, 0) is 11.3 Å². The van der Waals surface area contributed by atoms with Crippen LogP contribution < -0.4 is 10.4 Å². The quantitative estimate of drug-likeness (QED) is 0.410. The van der Waals surface area contributed by atoms with Gasteiger partial charge in [0.2, 0.25) is 5.76 Å². The second-order valence-electron chi connectivity index (χ2n) is 5.68. The van der Waals surface area contributed by atoms with E-state index in [2.05, 4.69) is 0 Å². The molecule has 2 aromatic carbocycles. The van der Waals surface area contributed by atoms with E-state index in [9.17, 15) is 9.59 Å². The van der Waals surface area contributed by atoms with Gasteiger partial charge in [0.15, 0.2) is 0 Å². The lowest BCUT2D eigenvalue weighted by atomic mass is 10.1. The van der Waals surface area contributed by atoms with Gasteiger partial charge >= 0.3 is 11.6 Å². The molecule has 0 unspecified atom stereocenters. The minimum Gasteiger partial charge on any atom is -0.497 e. The summed E-state index contributed by atoms with van der Waals surface area (Å²) in [6.45, 7) is -0.0791. The minimum absolute atomic E-state index is 0.0791. The van der Waals surface area contributed by atoms with Crippen LogP contribution >= 0.6 is 0 Å². The highest BCUT2D eigenvalue weighted by Gasteiger charge is 2.15. The maximum Gasteiger partial charge on any atom is 0.374 e. The lowest BCUT2D eigenvalue weighted by Gasteiger charge is -2.07. The molecule has 4 aromatic rings. The van der Waals surface area contributed by atoms with Crippen molar-refractivity contribution in [2.75, 3.05) is 7.11 Å². The van der Waals surface area contributed by atoms with Gasteiger partial charge < -0.3 is 18.3 Å². The van der Waals surface area contributed by atoms with Crippen molar-refractivity contribution < 1.29 is 23.1 Å². The van der Waals surface area contributed by atoms with Crippen molar-refractivity contribution in [3.05, 3.63) is 76.3 Å². The molecule has 0 aliphatic carbocycles. The Labute approximate surface area is 147 Å². The van der Waals surface area contributed by atoms with E-state index in [1.54, 1.807) is 30.3 Å². The van der Waals surface area contributed by atoms with Crippen molar-refractivity contribution in [2.45, 2.75) is 6.61 Å². The number of ether oxygens (including phenoxy) is 2. The van der Waals surface area contributed by atoms with Crippen LogP contribution in [0.4, 0.5) is 0 Å². The summed E-state index contributed by atoms with van der Waals surface area (Å²) in [5.74, 6) is 0.0771. The molecule has 2 aromatic heterocycles. The van der Waals surface area contributed by atoms with E-state index in [-0.39, 0.29) is 12.4 Å². The minimum atomic E-state index is -0.601. The number of para-hydroxylation sites is 1. The molecule has 0 aliphatic rings. The number of rotatable bonds is 4. The lowest BCUT2D eigenvalue weighted by Crippen LogP contribution is -2.07. The first-order valence-corrected chi connectivity index (χ1v) is 7.90. The van der Waals surface area contributed by atoms with E-state index in [1.165, 1.54) is 13.2 Å². The molecule has 0 spiro atoms. The zero-order valence-corrected chi connectivity index (χ0v) is 13.9. The summed E-state index contributed by atoms with van der Waals surface area (Å²) in [6, 6.07) is 15.3. The van der Waals surface area contributed by atoms with Crippen LogP contribution in [0.2, 0.25) is 0 Å². The van der Waals surface area contributed by atoms with Crippen LogP contribution in [0.1, 0.15) is 16.1 Å². The molecule has 0 N–H and O–H groups in total. The van der Waals surface area contributed by atoms with Crippen LogP contribution in [0, 0.1) is 0 Å². The summed E-state index contributed by atoms with van der Waals surface area (Å²) >= 11 is 0. The molecule has 4 rings (SSSR count). The summed E-state index contributed by atoms with van der Waals surface area (Å²) in [7, 11) is 1.53. The highest BCUT2D eigenvalue weighted by molar-refractivity contribution is 5.92. The van der Waals surface area contributed by atoms with E-state index in [4.69, 9.17) is 18.3 Å². The number of hydrogen-bond acceptors (Lipinski definition) is 6. The van der Waals surface area contributed by atoms with Crippen molar-refractivity contribution in [2.24, 2.45) is 0 Å². The molecule has 6 heteroatoms. The molecule has 0 atom stereocenters. The van der Waals surface area contributed by atoms with Gasteiger partial charge in [0.1, 0.15) is 23.5 Å². The first-order chi connectivity index (χ1) is 12.6. The van der Waals surface area contributed by atoms with Gasteiger partial charge in [-0.3, -0.25) is 0 Å². The zero-order valence-electron chi connectivity index (χ0n) is 13.9. The number of hydrogen-bond donors (Lipinski definition) is 0. The molecule has 0 saturated heterocycles. The molecule has 0 bridgehead atoms. The molecule has 2 heterocycles. The predicted octanol–water partition coefficient (Wildman–Crippen LogP) is 3.90. The van der Waals surface area contributed by atoms with Gasteiger partial charge in [0.25, 0.3) is 0 Å². The number of furan rings is 1. The van der Waals surface area contributed by atoms with Crippen LogP contribution in [0.3, 0.4) is 0 Å². The molecule has 0 radical (unpaired) electrons. The normalized spacial score (nSPS) is 11.0. The van der Waals surface area contributed by atoms with E-state index in [1.807, 2.05) is 18.2 Å². The third-order valence-corrected chi connectivity index (χ3v) is 4.02. The Hall–Kier alpha value is -3.54. The largest absolute Gasteiger partial charge is 0.497 e. The Balaban J connectivity index is 1.60. The Morgan fingerprint density at radius 1 is 1.00 bits per heavy atom. The molecule has 130 valence electrons. The van der Waals surface area contributed by atoms with Crippen molar-refractivity contribution in [1.82, 2.24) is 0 Å². The third-order valence-electron chi connectivity index (χ3n) is 4.02. The van der Waals surface area contributed by atoms with Crippen molar-refractivity contribution >= 4 is 27.9 Å². The average Bonchev–Trinajstić information content (AvgIpc) is 3.09. The van der Waals surface area contributed by atoms with Gasteiger partial charge in [-0.2, -0.15) is 0 Å². The molecule has 26 heavy (non-hydrogen) atoms. The van der Waals surface area contributed by atoms with Crippen LogP contribution in [-0.4, -0.2) is 13.1 Å². The lowest BCUT2D eigenvalue weighted by molar-refractivity contribution is 0.0440. The predicted molar refractivity (Wildman–Crippen MR) is 94.4 cm³/mol. The summed E-state index contributed by atoms with van der Waals surface area (Å²) in [4.78, 5) is 24.0. The third kappa shape index (κ3) is 2.93. The van der Waals surface area contributed by atoms with E-state index in [0.29, 0.717) is 27.9 Å². The Bertz CT molecular complexity index is 1130. The van der Waals surface area contributed by atoms with Crippen molar-refractivity contribution in [3.63, 3.8) is 0 Å². The maximum absolute atomic E-state index is 12.3. The van der Waals surface area contributed by atoms with Crippen LogP contribution in [0.15, 0.2) is 68.2 Å². The van der Waals surface area contributed by atoms with E-state index in [0.717, 1.165) is 5.39 Å². The zero-order chi connectivity index (χ0) is 18.1. The summed E-state index contributed by atoms with van der Waals surface area (Å²) < 4.78 is 21.1. The summed E-state index contributed by atoms with van der Waals surface area (Å²) in [6.07, 6.45) is 0. The molecule has 0 aliphatic heterocycles. The van der Waals surface area contributed by atoms with Crippen molar-refractivity contribution in [3.8, 4) is 5.75 Å². The number of fused-ring (bicyclic) bond motifs is 2. The maximum atomic E-state index is 12.3. The second-order valence-corrected chi connectivity index (χ2v) is 5.68. The Kier molecular flexibility index (Phi) is 3.93. The molecule has 0 fully saturated rings. The van der Waals surface area contributed by atoms with Gasteiger partial charge in [-0.15, -0.1) is 0 Å². The standard InChI is InChI=1S/C20H14O6/c1-23-14-6-7-15-13(9-19(21)26-17(15)10-14)11-24-20(22)18-8-12-4-2-3-5-16(12)25-18/h2-10H,11H2,1H3. The number of esters is 1. The van der Waals surface area contributed by atoms with Gasteiger partial charge in [-0.1, -0.05) is 18.2 Å². The summed E-state index contributed by atoms with van der Waals surface area (Å²) in [5, 5.41) is 1.49. The highest BCUT2D eigenvalue weighted by atomic mass is 16.5. The molecule has 0 amide bonds. The first-order valence-electron chi connectivity index (χ1n) is 7.90. The number of carbonyl (C=O) groups excluding carboxylic acids is 1. The smallest absolute Gasteiger partial charge is 0.374 e. The topological polar surface area (TPSA) is 78.9 Å². The Morgan fingerprint density at radius 2 is 1.85 bits per heavy atom. The first kappa shape index (κ1) is 16.0. The molecular weight excluding hydrogens is 336 g/mol. The molecular formula is C20H14O6. The van der Waals surface area contributed by atoms with Crippen LogP contribution in [0.5, 0.6) is 5.75 Å². The van der Waals surface area contributed by atoms with E-state index < -0.39 is 11.6 Å². The van der Waals surface area contributed by atoms with Crippen molar-refractivity contribution in [1.29, 1.82) is 0 Å². The fourth-order valence-electron chi connectivity index (χ4n) is 2.75. The average molecular weight is 350 g/mol. The number of carbonyl (C=O) groups is 1. The number of methoxy groups -OCH3 is 1. The second kappa shape index (κ2) is 6.40. The van der Waals surface area contributed by atoms with Gasteiger partial charge in [0.05, 0.1) is 7.11 Å². The summed E-state index contributed by atoms with van der Waals surface area (Å²) in [5.41, 5.74) is 0.993. The fourth-order valence-corrected chi connectivity index (χ4v) is 2.75. The fraction of sp³-hybridized carbons (Fsp3) is 0.100. The van der Waals surface area contributed by atoms with Gasteiger partial charge in [0, 0.05) is 28.5 Å². The highest BCUT2D eigenvalue weighted by Crippen LogP contribution is 2.24. The van der Waals surface area contributed by atoms with Gasteiger partial charge in [-0.05, 0) is 24.3 Å². The Morgan fingerprint density at radius 3 is 2.65 bits per heavy atom. The number of benzene rings is 2. The molecule has 6 nitrogen and oxygen atoms in total. The van der Waals surface area contributed by atoms with Gasteiger partial charge in [-0.25, -0.2) is 9.59 Å².